The summed E-state index contributed by atoms with van der Waals surface area (Å²) in [5.41, 5.74) is 0. The third kappa shape index (κ3) is 5.28. The van der Waals surface area contributed by atoms with Gasteiger partial charge in [-0.2, -0.15) is 0 Å². The molecule has 3 atom stereocenters. The topological polar surface area (TPSA) is 32.3 Å². The zero-order valence-corrected chi connectivity index (χ0v) is 15.0. The van der Waals surface area contributed by atoms with E-state index in [9.17, 15) is 4.79 Å². The predicted octanol–water partition coefficient (Wildman–Crippen LogP) is 4.17. The van der Waals surface area contributed by atoms with Crippen molar-refractivity contribution in [3.63, 3.8) is 0 Å². The zero-order valence-electron chi connectivity index (χ0n) is 15.0. The number of hydrogen-bond acceptors (Lipinski definition) is 2. The van der Waals surface area contributed by atoms with Crippen LogP contribution in [-0.4, -0.2) is 29.1 Å². The summed E-state index contributed by atoms with van der Waals surface area (Å²) in [6, 6.07) is 0.396. The van der Waals surface area contributed by atoms with Crippen molar-refractivity contribution in [1.29, 1.82) is 0 Å². The van der Waals surface area contributed by atoms with Crippen molar-refractivity contribution in [2.75, 3.05) is 0 Å². The maximum Gasteiger partial charge on any atom is 0.241 e. The van der Waals surface area contributed by atoms with E-state index in [0.29, 0.717) is 17.9 Å². The number of carbonyl (C=O) groups excluding carboxylic acids is 1. The lowest BCUT2D eigenvalue weighted by molar-refractivity contribution is -0.132. The lowest BCUT2D eigenvalue weighted by atomic mass is 10.0. The van der Waals surface area contributed by atoms with E-state index >= 15 is 0 Å². The summed E-state index contributed by atoms with van der Waals surface area (Å²) in [6.45, 7) is 13.4. The van der Waals surface area contributed by atoms with Crippen LogP contribution in [0.2, 0.25) is 0 Å². The molecule has 1 amide bonds. The summed E-state index contributed by atoms with van der Waals surface area (Å²) in [6.07, 6.45) is 7.07. The Hall–Kier alpha value is -0.570. The van der Waals surface area contributed by atoms with E-state index < -0.39 is 0 Å². The first kappa shape index (κ1) is 18.5. The highest BCUT2D eigenvalue weighted by Gasteiger charge is 2.41. The van der Waals surface area contributed by atoms with Gasteiger partial charge in [-0.05, 0) is 31.6 Å². The Kier molecular flexibility index (Phi) is 7.72. The second kappa shape index (κ2) is 8.77. The molecule has 1 heterocycles. The van der Waals surface area contributed by atoms with E-state index in [0.717, 1.165) is 31.6 Å². The van der Waals surface area contributed by atoms with Gasteiger partial charge in [-0.25, -0.2) is 0 Å². The number of amides is 1. The van der Waals surface area contributed by atoms with E-state index in [1.807, 2.05) is 0 Å². The number of hydrogen-bond donors (Lipinski definition) is 1. The minimum absolute atomic E-state index is 0.0462. The van der Waals surface area contributed by atoms with E-state index in [-0.39, 0.29) is 12.2 Å². The van der Waals surface area contributed by atoms with Crippen LogP contribution in [0.25, 0.3) is 0 Å². The monoisotopic (exact) mass is 296 g/mol. The van der Waals surface area contributed by atoms with Gasteiger partial charge in [0.1, 0.15) is 0 Å². The van der Waals surface area contributed by atoms with Crippen LogP contribution >= 0.6 is 0 Å². The molecule has 0 saturated carbocycles. The summed E-state index contributed by atoms with van der Waals surface area (Å²) in [5.74, 6) is 1.55. The predicted molar refractivity (Wildman–Crippen MR) is 90.1 cm³/mol. The van der Waals surface area contributed by atoms with E-state index in [1.54, 1.807) is 0 Å². The standard InChI is InChI=1S/C18H36N2O/c1-7-8-12-16-18(21)20(17(19-16)14(4)5)15(6)11-9-10-13(2)3/h13-17,19H,7-12H2,1-6H3. The van der Waals surface area contributed by atoms with Gasteiger partial charge in [0.15, 0.2) is 0 Å². The third-order valence-corrected chi connectivity index (χ3v) is 4.58. The van der Waals surface area contributed by atoms with Crippen molar-refractivity contribution in [3.8, 4) is 0 Å². The van der Waals surface area contributed by atoms with E-state index in [2.05, 4.69) is 51.8 Å². The van der Waals surface area contributed by atoms with Crippen LogP contribution in [-0.2, 0) is 4.79 Å². The number of nitrogens with zero attached hydrogens (tertiary/aromatic N) is 1. The fraction of sp³-hybridized carbons (Fsp3) is 0.944. The van der Waals surface area contributed by atoms with Crippen LogP contribution < -0.4 is 5.32 Å². The molecule has 3 nitrogen and oxygen atoms in total. The Balaban J connectivity index is 2.64. The summed E-state index contributed by atoms with van der Waals surface area (Å²) >= 11 is 0. The lowest BCUT2D eigenvalue weighted by Gasteiger charge is -2.33. The second-order valence-electron chi connectivity index (χ2n) is 7.47. The average Bonchev–Trinajstić information content (AvgIpc) is 2.73. The molecule has 21 heavy (non-hydrogen) atoms. The maximum absolute atomic E-state index is 12.7. The number of carbonyl (C=O) groups is 1. The molecule has 1 aliphatic rings. The lowest BCUT2D eigenvalue weighted by Crippen LogP contribution is -2.46. The third-order valence-electron chi connectivity index (χ3n) is 4.58. The van der Waals surface area contributed by atoms with Gasteiger partial charge in [0, 0.05) is 6.04 Å². The number of rotatable bonds is 9. The zero-order chi connectivity index (χ0) is 16.0. The molecule has 0 radical (unpaired) electrons. The van der Waals surface area contributed by atoms with Gasteiger partial charge in [-0.1, -0.05) is 60.3 Å². The molecule has 1 fully saturated rings. The second-order valence-corrected chi connectivity index (χ2v) is 7.47. The molecule has 0 aromatic rings. The molecule has 0 aromatic carbocycles. The van der Waals surface area contributed by atoms with Crippen molar-refractivity contribution >= 4 is 5.91 Å². The van der Waals surface area contributed by atoms with E-state index in [1.165, 1.54) is 12.8 Å². The number of unbranched alkanes of at least 4 members (excludes halogenated alkanes) is 1. The highest BCUT2D eigenvalue weighted by molar-refractivity contribution is 5.84. The molecule has 1 rings (SSSR count). The van der Waals surface area contributed by atoms with Crippen molar-refractivity contribution in [3.05, 3.63) is 0 Å². The SMILES string of the molecule is CCCCC1NC(C(C)C)N(C(C)CCCC(C)C)C1=O. The molecule has 0 aromatic heterocycles. The Morgan fingerprint density at radius 2 is 1.76 bits per heavy atom. The fourth-order valence-corrected chi connectivity index (χ4v) is 3.26. The first-order valence-corrected chi connectivity index (χ1v) is 8.96. The van der Waals surface area contributed by atoms with Crippen molar-refractivity contribution in [2.24, 2.45) is 11.8 Å². The van der Waals surface area contributed by atoms with E-state index in [4.69, 9.17) is 0 Å². The van der Waals surface area contributed by atoms with Crippen molar-refractivity contribution in [1.82, 2.24) is 10.2 Å². The average molecular weight is 296 g/mol. The Bertz CT molecular complexity index is 314. The minimum Gasteiger partial charge on any atom is -0.323 e. The largest absolute Gasteiger partial charge is 0.323 e. The molecule has 3 unspecified atom stereocenters. The summed E-state index contributed by atoms with van der Waals surface area (Å²) in [4.78, 5) is 14.9. The molecule has 0 bridgehead atoms. The van der Waals surface area contributed by atoms with Gasteiger partial charge in [0.2, 0.25) is 5.91 Å². The molecule has 124 valence electrons. The molecule has 1 saturated heterocycles. The first-order valence-electron chi connectivity index (χ1n) is 8.96. The molecule has 0 spiro atoms. The van der Waals surface area contributed by atoms with Crippen LogP contribution in [0.4, 0.5) is 0 Å². The minimum atomic E-state index is 0.0462. The first-order chi connectivity index (χ1) is 9.88. The molecule has 0 aliphatic carbocycles. The van der Waals surface area contributed by atoms with Crippen LogP contribution in [0.5, 0.6) is 0 Å². The van der Waals surface area contributed by atoms with Crippen molar-refractivity contribution in [2.45, 2.75) is 98.3 Å². The van der Waals surface area contributed by atoms with Gasteiger partial charge in [-0.15, -0.1) is 0 Å². The summed E-state index contributed by atoms with van der Waals surface area (Å²) in [5, 5.41) is 3.58. The van der Waals surface area contributed by atoms with Gasteiger partial charge >= 0.3 is 0 Å². The Morgan fingerprint density at radius 1 is 1.10 bits per heavy atom. The Labute approximate surface area is 131 Å². The van der Waals surface area contributed by atoms with Crippen LogP contribution in [0.3, 0.4) is 0 Å². The molecule has 1 aliphatic heterocycles. The van der Waals surface area contributed by atoms with Crippen LogP contribution in [0.1, 0.15) is 80.1 Å². The maximum atomic E-state index is 12.7. The van der Waals surface area contributed by atoms with Gasteiger partial charge in [-0.3, -0.25) is 10.1 Å². The highest BCUT2D eigenvalue weighted by atomic mass is 16.2. The Morgan fingerprint density at radius 3 is 2.29 bits per heavy atom. The van der Waals surface area contributed by atoms with Gasteiger partial charge in [0.25, 0.3) is 0 Å². The smallest absolute Gasteiger partial charge is 0.241 e. The fourth-order valence-electron chi connectivity index (χ4n) is 3.26. The summed E-state index contributed by atoms with van der Waals surface area (Å²) in [7, 11) is 0. The molecule has 1 N–H and O–H groups in total. The van der Waals surface area contributed by atoms with Gasteiger partial charge < -0.3 is 4.90 Å². The quantitative estimate of drug-likeness (QED) is 0.692. The van der Waals surface area contributed by atoms with Crippen LogP contribution in [0, 0.1) is 11.8 Å². The normalized spacial score (nSPS) is 24.4. The number of nitrogens with one attached hydrogen (secondary N) is 1. The van der Waals surface area contributed by atoms with Gasteiger partial charge in [0.05, 0.1) is 12.2 Å². The van der Waals surface area contributed by atoms with Crippen molar-refractivity contribution < 1.29 is 4.79 Å². The molecule has 3 heteroatoms. The molecular weight excluding hydrogens is 260 g/mol. The summed E-state index contributed by atoms with van der Waals surface area (Å²) < 4.78 is 0. The van der Waals surface area contributed by atoms with Crippen LogP contribution in [0.15, 0.2) is 0 Å². The molecular formula is C18H36N2O. The highest BCUT2D eigenvalue weighted by Crippen LogP contribution is 2.25.